The van der Waals surface area contributed by atoms with Crippen LogP contribution in [-0.4, -0.2) is 17.0 Å². The van der Waals surface area contributed by atoms with Gasteiger partial charge in [-0.1, -0.05) is 17.7 Å². The SMILES string of the molecule is Cc1c2n(c3c(-c4ccc(Cl)c(C(F)(F)F)c4)cc(C#N)cc13)CCNC2=O. The summed E-state index contributed by atoms with van der Waals surface area (Å²) in [5.41, 5.74) is 1.89. The van der Waals surface area contributed by atoms with Gasteiger partial charge in [-0.25, -0.2) is 0 Å². The van der Waals surface area contributed by atoms with E-state index in [0.29, 0.717) is 46.4 Å². The van der Waals surface area contributed by atoms with Crippen molar-refractivity contribution in [1.29, 1.82) is 5.26 Å². The van der Waals surface area contributed by atoms with E-state index in [1.807, 2.05) is 10.6 Å². The van der Waals surface area contributed by atoms with Crippen LogP contribution in [0.15, 0.2) is 30.3 Å². The summed E-state index contributed by atoms with van der Waals surface area (Å²) in [6.07, 6.45) is -4.60. The van der Waals surface area contributed by atoms with Gasteiger partial charge in [0.05, 0.1) is 27.7 Å². The Hall–Kier alpha value is -2.98. The average molecular weight is 404 g/mol. The number of alkyl halides is 3. The highest BCUT2D eigenvalue weighted by Gasteiger charge is 2.34. The van der Waals surface area contributed by atoms with Crippen molar-refractivity contribution in [2.24, 2.45) is 0 Å². The van der Waals surface area contributed by atoms with Crippen molar-refractivity contribution >= 4 is 28.4 Å². The van der Waals surface area contributed by atoms with Crippen molar-refractivity contribution in [3.63, 3.8) is 0 Å². The van der Waals surface area contributed by atoms with Gasteiger partial charge >= 0.3 is 6.18 Å². The maximum Gasteiger partial charge on any atom is 0.417 e. The lowest BCUT2D eigenvalue weighted by Gasteiger charge is -2.19. The topological polar surface area (TPSA) is 57.8 Å². The Morgan fingerprint density at radius 1 is 1.25 bits per heavy atom. The number of hydrogen-bond acceptors (Lipinski definition) is 2. The molecule has 0 unspecified atom stereocenters. The summed E-state index contributed by atoms with van der Waals surface area (Å²) in [5, 5.41) is 12.5. The maximum absolute atomic E-state index is 13.3. The second-order valence-corrected chi connectivity index (χ2v) is 7.01. The fraction of sp³-hybridized carbons (Fsp3) is 0.200. The monoisotopic (exact) mass is 403 g/mol. The van der Waals surface area contributed by atoms with E-state index in [1.54, 1.807) is 19.1 Å². The largest absolute Gasteiger partial charge is 0.417 e. The minimum absolute atomic E-state index is 0.239. The summed E-state index contributed by atoms with van der Waals surface area (Å²) < 4.78 is 41.8. The van der Waals surface area contributed by atoms with Gasteiger partial charge in [0, 0.05) is 24.0 Å². The Kier molecular flexibility index (Phi) is 4.12. The lowest BCUT2D eigenvalue weighted by Crippen LogP contribution is -2.35. The van der Waals surface area contributed by atoms with E-state index in [9.17, 15) is 23.2 Å². The number of carbonyl (C=O) groups is 1. The van der Waals surface area contributed by atoms with Gasteiger partial charge in [-0.05, 0) is 42.3 Å². The van der Waals surface area contributed by atoms with Crippen LogP contribution in [0, 0.1) is 18.3 Å². The number of amides is 1. The van der Waals surface area contributed by atoms with Gasteiger partial charge in [0.25, 0.3) is 5.91 Å². The number of aryl methyl sites for hydroxylation is 1. The molecule has 3 aromatic rings. The first-order valence-electron chi connectivity index (χ1n) is 8.44. The summed E-state index contributed by atoms with van der Waals surface area (Å²) in [6, 6.07) is 8.93. The van der Waals surface area contributed by atoms with Crippen LogP contribution in [0.1, 0.15) is 27.2 Å². The number of benzene rings is 2. The first-order valence-corrected chi connectivity index (χ1v) is 8.82. The van der Waals surface area contributed by atoms with Gasteiger partial charge in [0.2, 0.25) is 0 Å². The zero-order valence-electron chi connectivity index (χ0n) is 14.6. The molecule has 0 atom stereocenters. The summed E-state index contributed by atoms with van der Waals surface area (Å²) in [6.45, 7) is 2.68. The highest BCUT2D eigenvalue weighted by Crippen LogP contribution is 2.40. The number of carbonyl (C=O) groups excluding carboxylic acids is 1. The molecule has 0 spiro atoms. The molecule has 4 rings (SSSR count). The number of nitrogens with zero attached hydrogens (tertiary/aromatic N) is 2. The maximum atomic E-state index is 13.3. The number of nitrogens with one attached hydrogen (secondary N) is 1. The molecule has 0 radical (unpaired) electrons. The van der Waals surface area contributed by atoms with Crippen LogP contribution < -0.4 is 5.32 Å². The third-order valence-electron chi connectivity index (χ3n) is 4.96. The number of aromatic nitrogens is 1. The molecule has 2 aromatic carbocycles. The highest BCUT2D eigenvalue weighted by atomic mass is 35.5. The van der Waals surface area contributed by atoms with Crippen LogP contribution in [0.4, 0.5) is 13.2 Å². The molecule has 2 heterocycles. The Balaban J connectivity index is 2.09. The predicted molar refractivity (Wildman–Crippen MR) is 99.2 cm³/mol. The van der Waals surface area contributed by atoms with Gasteiger partial charge < -0.3 is 9.88 Å². The Bertz CT molecular complexity index is 1190. The van der Waals surface area contributed by atoms with Crippen molar-refractivity contribution < 1.29 is 18.0 Å². The highest BCUT2D eigenvalue weighted by molar-refractivity contribution is 6.31. The van der Waals surface area contributed by atoms with Crippen molar-refractivity contribution in [3.8, 4) is 17.2 Å². The molecule has 1 aromatic heterocycles. The molecular weight excluding hydrogens is 391 g/mol. The lowest BCUT2D eigenvalue weighted by atomic mass is 9.97. The minimum Gasteiger partial charge on any atom is -0.349 e. The molecule has 1 aliphatic rings. The number of fused-ring (bicyclic) bond motifs is 3. The fourth-order valence-corrected chi connectivity index (χ4v) is 3.95. The van der Waals surface area contributed by atoms with E-state index in [0.717, 1.165) is 6.07 Å². The molecule has 4 nitrogen and oxygen atoms in total. The number of rotatable bonds is 1. The van der Waals surface area contributed by atoms with Crippen LogP contribution in [0.3, 0.4) is 0 Å². The van der Waals surface area contributed by atoms with Crippen molar-refractivity contribution in [1.82, 2.24) is 9.88 Å². The Morgan fingerprint density at radius 2 is 2.00 bits per heavy atom. The molecule has 142 valence electrons. The number of hydrogen-bond donors (Lipinski definition) is 1. The van der Waals surface area contributed by atoms with E-state index in [2.05, 4.69) is 5.32 Å². The fourth-order valence-electron chi connectivity index (χ4n) is 3.73. The van der Waals surface area contributed by atoms with Crippen LogP contribution in [0.5, 0.6) is 0 Å². The molecule has 0 saturated carbocycles. The molecule has 1 aliphatic heterocycles. The quantitative estimate of drug-likeness (QED) is 0.628. The summed E-state index contributed by atoms with van der Waals surface area (Å²) in [5.74, 6) is -0.239. The van der Waals surface area contributed by atoms with E-state index < -0.39 is 16.8 Å². The zero-order chi connectivity index (χ0) is 20.2. The Morgan fingerprint density at radius 3 is 2.68 bits per heavy atom. The Labute approximate surface area is 163 Å². The molecule has 28 heavy (non-hydrogen) atoms. The van der Waals surface area contributed by atoms with E-state index >= 15 is 0 Å². The van der Waals surface area contributed by atoms with Crippen LogP contribution >= 0.6 is 11.6 Å². The molecule has 0 fully saturated rings. The van der Waals surface area contributed by atoms with Gasteiger partial charge in [0.1, 0.15) is 5.69 Å². The van der Waals surface area contributed by atoms with Crippen molar-refractivity contribution in [2.45, 2.75) is 19.6 Å². The first kappa shape index (κ1) is 18.4. The number of halogens is 4. The van der Waals surface area contributed by atoms with Crippen molar-refractivity contribution in [3.05, 3.63) is 57.7 Å². The minimum atomic E-state index is -4.60. The normalized spacial score (nSPS) is 13.9. The van der Waals surface area contributed by atoms with Crippen LogP contribution in [0.25, 0.3) is 22.0 Å². The van der Waals surface area contributed by atoms with Crippen molar-refractivity contribution in [2.75, 3.05) is 6.54 Å². The van der Waals surface area contributed by atoms with Crippen LogP contribution in [0.2, 0.25) is 5.02 Å². The average Bonchev–Trinajstić information content (AvgIpc) is 2.94. The van der Waals surface area contributed by atoms with E-state index in [-0.39, 0.29) is 11.5 Å². The van der Waals surface area contributed by atoms with Gasteiger partial charge in [-0.2, -0.15) is 18.4 Å². The van der Waals surface area contributed by atoms with Gasteiger partial charge in [0.15, 0.2) is 0 Å². The smallest absolute Gasteiger partial charge is 0.349 e. The first-order chi connectivity index (χ1) is 13.2. The standard InChI is InChI=1S/C20H13ClF3N3O/c1-10-13-6-11(9-25)7-14(18(13)27-5-4-26-19(28)17(10)27)12-2-3-16(21)15(8-12)20(22,23)24/h2-3,6-8H,4-5H2,1H3,(H,26,28). The van der Waals surface area contributed by atoms with Gasteiger partial charge in [-0.15, -0.1) is 0 Å². The second kappa shape index (κ2) is 6.28. The summed E-state index contributed by atoms with van der Waals surface area (Å²) >= 11 is 5.75. The summed E-state index contributed by atoms with van der Waals surface area (Å²) in [4.78, 5) is 12.3. The zero-order valence-corrected chi connectivity index (χ0v) is 15.4. The molecule has 8 heteroatoms. The molecule has 0 bridgehead atoms. The summed E-state index contributed by atoms with van der Waals surface area (Å²) in [7, 11) is 0. The third kappa shape index (κ3) is 2.72. The van der Waals surface area contributed by atoms with E-state index in [4.69, 9.17) is 11.6 Å². The molecule has 1 amide bonds. The molecule has 0 saturated heterocycles. The molecule has 1 N–H and O–H groups in total. The lowest BCUT2D eigenvalue weighted by molar-refractivity contribution is -0.137. The van der Waals surface area contributed by atoms with E-state index in [1.165, 1.54) is 12.1 Å². The number of nitriles is 1. The van der Waals surface area contributed by atoms with Gasteiger partial charge in [-0.3, -0.25) is 4.79 Å². The second-order valence-electron chi connectivity index (χ2n) is 6.61. The molecule has 0 aliphatic carbocycles. The predicted octanol–water partition coefficient (Wildman–Crippen LogP) is 4.90. The molecular formula is C20H13ClF3N3O. The third-order valence-corrected chi connectivity index (χ3v) is 5.29. The van der Waals surface area contributed by atoms with Crippen LogP contribution in [-0.2, 0) is 12.7 Å².